The molecular formula is C13H24I2. The summed E-state index contributed by atoms with van der Waals surface area (Å²) in [6.07, 6.45) is 16.2. The second-order valence-corrected chi connectivity index (χ2v) is 8.35. The molecule has 0 heterocycles. The van der Waals surface area contributed by atoms with Crippen molar-refractivity contribution >= 4 is 45.2 Å². The predicted octanol–water partition coefficient (Wildman–Crippen LogP) is 5.90. The Labute approximate surface area is 123 Å². The second-order valence-electron chi connectivity index (χ2n) is 4.82. The highest BCUT2D eigenvalue weighted by Crippen LogP contribution is 2.24. The van der Waals surface area contributed by atoms with E-state index in [-0.39, 0.29) is 0 Å². The van der Waals surface area contributed by atoms with Gasteiger partial charge in [0.25, 0.3) is 0 Å². The Bertz CT molecular complexity index is 131. The van der Waals surface area contributed by atoms with E-state index in [1.54, 1.807) is 0 Å². The fourth-order valence-corrected chi connectivity index (χ4v) is 4.05. The lowest BCUT2D eigenvalue weighted by molar-refractivity contribution is 0.571. The van der Waals surface area contributed by atoms with Crippen molar-refractivity contribution < 1.29 is 0 Å². The van der Waals surface area contributed by atoms with Crippen molar-refractivity contribution in [3.05, 3.63) is 0 Å². The minimum atomic E-state index is 0.951. The normalized spacial score (nSPS) is 32.4. The molecule has 15 heavy (non-hydrogen) atoms. The highest BCUT2D eigenvalue weighted by molar-refractivity contribution is 14.1. The summed E-state index contributed by atoms with van der Waals surface area (Å²) in [7, 11) is 0. The molecule has 1 aliphatic rings. The van der Waals surface area contributed by atoms with Crippen LogP contribution < -0.4 is 0 Å². The van der Waals surface area contributed by atoms with Gasteiger partial charge in [0, 0.05) is 7.85 Å². The molecule has 0 bridgehead atoms. The van der Waals surface area contributed by atoms with Crippen molar-refractivity contribution in [1.29, 1.82) is 0 Å². The molecule has 0 radical (unpaired) electrons. The number of rotatable bonds is 0. The van der Waals surface area contributed by atoms with E-state index in [1.165, 1.54) is 70.6 Å². The topological polar surface area (TPSA) is 0 Å². The molecule has 0 amide bonds. The number of halogens is 2. The van der Waals surface area contributed by atoms with Crippen LogP contribution in [0.15, 0.2) is 0 Å². The maximum absolute atomic E-state index is 2.67. The Kier molecular flexibility index (Phi) is 9.18. The zero-order valence-electron chi connectivity index (χ0n) is 9.69. The van der Waals surface area contributed by atoms with Gasteiger partial charge in [-0.15, -0.1) is 0 Å². The highest BCUT2D eigenvalue weighted by atomic mass is 127. The smallest absolute Gasteiger partial charge is 0.0110 e. The molecule has 2 unspecified atom stereocenters. The summed E-state index contributed by atoms with van der Waals surface area (Å²) in [5.74, 6) is 0. The molecule has 0 aliphatic heterocycles. The molecule has 1 aliphatic carbocycles. The molecule has 0 aromatic rings. The Hall–Kier alpha value is 1.46. The first-order valence-electron chi connectivity index (χ1n) is 6.57. The van der Waals surface area contributed by atoms with Gasteiger partial charge < -0.3 is 0 Å². The van der Waals surface area contributed by atoms with Crippen LogP contribution >= 0.6 is 45.2 Å². The van der Waals surface area contributed by atoms with E-state index < -0.39 is 0 Å². The van der Waals surface area contributed by atoms with Crippen LogP contribution in [0.4, 0.5) is 0 Å². The first kappa shape index (κ1) is 14.5. The molecule has 90 valence electrons. The zero-order chi connectivity index (χ0) is 10.9. The van der Waals surface area contributed by atoms with Crippen LogP contribution in [-0.2, 0) is 0 Å². The Balaban J connectivity index is 2.21. The van der Waals surface area contributed by atoms with Crippen molar-refractivity contribution in [1.82, 2.24) is 0 Å². The predicted molar refractivity (Wildman–Crippen MR) is 86.4 cm³/mol. The van der Waals surface area contributed by atoms with Crippen LogP contribution in [0.5, 0.6) is 0 Å². The van der Waals surface area contributed by atoms with Gasteiger partial charge in [0.1, 0.15) is 0 Å². The van der Waals surface area contributed by atoms with E-state index in [9.17, 15) is 0 Å². The van der Waals surface area contributed by atoms with Gasteiger partial charge in [-0.2, -0.15) is 0 Å². The van der Waals surface area contributed by atoms with Crippen molar-refractivity contribution in [2.45, 2.75) is 78.5 Å². The lowest BCUT2D eigenvalue weighted by atomic mass is 10.1. The molecule has 0 spiro atoms. The maximum Gasteiger partial charge on any atom is 0.0110 e. The van der Waals surface area contributed by atoms with E-state index in [4.69, 9.17) is 0 Å². The lowest BCUT2D eigenvalue weighted by Crippen LogP contribution is -2.01. The molecule has 0 aromatic carbocycles. The van der Waals surface area contributed by atoms with Crippen molar-refractivity contribution in [2.24, 2.45) is 0 Å². The first-order valence-corrected chi connectivity index (χ1v) is 9.06. The molecule has 0 saturated heterocycles. The summed E-state index contributed by atoms with van der Waals surface area (Å²) >= 11 is 5.33. The molecule has 0 nitrogen and oxygen atoms in total. The molecule has 0 aromatic heterocycles. The quantitative estimate of drug-likeness (QED) is 0.329. The van der Waals surface area contributed by atoms with E-state index in [2.05, 4.69) is 45.2 Å². The largest absolute Gasteiger partial charge is 0.0826 e. The van der Waals surface area contributed by atoms with Crippen LogP contribution in [0.1, 0.15) is 70.6 Å². The standard InChI is InChI=1S/C13H24I2/c14-12-8-5-3-1-2-4-6-9-13(15)11-7-10-12/h12-13H,1-11H2. The average molecular weight is 434 g/mol. The van der Waals surface area contributed by atoms with Gasteiger partial charge in [-0.25, -0.2) is 0 Å². The van der Waals surface area contributed by atoms with Gasteiger partial charge >= 0.3 is 0 Å². The van der Waals surface area contributed by atoms with Crippen LogP contribution in [0.2, 0.25) is 0 Å². The number of hydrogen-bond donors (Lipinski definition) is 0. The molecule has 2 heteroatoms. The third kappa shape index (κ3) is 8.22. The number of hydrogen-bond acceptors (Lipinski definition) is 0. The van der Waals surface area contributed by atoms with Gasteiger partial charge in [-0.3, -0.25) is 0 Å². The van der Waals surface area contributed by atoms with E-state index >= 15 is 0 Å². The monoisotopic (exact) mass is 434 g/mol. The summed E-state index contributed by atoms with van der Waals surface area (Å²) in [5, 5.41) is 0. The molecule has 1 saturated carbocycles. The van der Waals surface area contributed by atoms with E-state index in [1.807, 2.05) is 0 Å². The summed E-state index contributed by atoms with van der Waals surface area (Å²) in [6.45, 7) is 0. The molecular weight excluding hydrogens is 410 g/mol. The van der Waals surface area contributed by atoms with Gasteiger partial charge in [-0.05, 0) is 25.7 Å². The Morgan fingerprint density at radius 2 is 0.800 bits per heavy atom. The SMILES string of the molecule is IC1CCCCCCCCC(I)CCC1. The Morgan fingerprint density at radius 3 is 1.27 bits per heavy atom. The Morgan fingerprint density at radius 1 is 0.467 bits per heavy atom. The highest BCUT2D eigenvalue weighted by Gasteiger charge is 2.08. The molecule has 0 N–H and O–H groups in total. The van der Waals surface area contributed by atoms with E-state index in [0.29, 0.717) is 0 Å². The minimum absolute atomic E-state index is 0.951. The lowest BCUT2D eigenvalue weighted by Gasteiger charge is -2.11. The first-order chi connectivity index (χ1) is 7.29. The molecule has 2 atom stereocenters. The third-order valence-electron chi connectivity index (χ3n) is 3.32. The van der Waals surface area contributed by atoms with Crippen LogP contribution in [0.3, 0.4) is 0 Å². The summed E-state index contributed by atoms with van der Waals surface area (Å²) in [5.41, 5.74) is 0. The van der Waals surface area contributed by atoms with Crippen molar-refractivity contribution in [3.63, 3.8) is 0 Å². The van der Waals surface area contributed by atoms with Crippen LogP contribution in [0, 0.1) is 0 Å². The third-order valence-corrected chi connectivity index (χ3v) is 5.81. The second kappa shape index (κ2) is 9.49. The van der Waals surface area contributed by atoms with Crippen LogP contribution in [0.25, 0.3) is 0 Å². The summed E-state index contributed by atoms with van der Waals surface area (Å²) in [4.78, 5) is 0. The number of alkyl halides is 2. The van der Waals surface area contributed by atoms with E-state index in [0.717, 1.165) is 7.85 Å². The van der Waals surface area contributed by atoms with Crippen molar-refractivity contribution in [2.75, 3.05) is 0 Å². The van der Waals surface area contributed by atoms with Gasteiger partial charge in [0.05, 0.1) is 0 Å². The fourth-order valence-electron chi connectivity index (χ4n) is 2.29. The maximum atomic E-state index is 2.67. The zero-order valence-corrected chi connectivity index (χ0v) is 14.0. The van der Waals surface area contributed by atoms with Gasteiger partial charge in [-0.1, -0.05) is 90.1 Å². The van der Waals surface area contributed by atoms with Gasteiger partial charge in [0.2, 0.25) is 0 Å². The summed E-state index contributed by atoms with van der Waals surface area (Å²) in [6, 6.07) is 0. The minimum Gasteiger partial charge on any atom is -0.0826 e. The van der Waals surface area contributed by atoms with Crippen LogP contribution in [-0.4, -0.2) is 7.85 Å². The molecule has 1 rings (SSSR count). The summed E-state index contributed by atoms with van der Waals surface area (Å²) < 4.78 is 1.90. The average Bonchev–Trinajstić information content (AvgIpc) is 2.22. The van der Waals surface area contributed by atoms with Gasteiger partial charge in [0.15, 0.2) is 0 Å². The van der Waals surface area contributed by atoms with Crippen molar-refractivity contribution in [3.8, 4) is 0 Å². The molecule has 1 fully saturated rings. The fraction of sp³-hybridized carbons (Fsp3) is 1.00.